The first-order chi connectivity index (χ1) is 12.4. The second kappa shape index (κ2) is 7.38. The number of halogens is 3. The topological polar surface area (TPSA) is 62.7 Å². The van der Waals surface area contributed by atoms with Gasteiger partial charge in [-0.3, -0.25) is 4.98 Å². The quantitative estimate of drug-likeness (QED) is 0.699. The van der Waals surface area contributed by atoms with Gasteiger partial charge in [-0.25, -0.2) is 4.98 Å². The first kappa shape index (κ1) is 17.7. The molecule has 134 valence electrons. The molecule has 2 aromatic heterocycles. The Bertz CT molecular complexity index is 881. The molecular formula is C18H16F3N5. The summed E-state index contributed by atoms with van der Waals surface area (Å²) in [5.74, 6) is 0.797. The van der Waals surface area contributed by atoms with Gasteiger partial charge < -0.3 is 10.6 Å². The average molecular weight is 359 g/mol. The second-order valence-corrected chi connectivity index (χ2v) is 5.63. The Morgan fingerprint density at radius 2 is 1.77 bits per heavy atom. The largest absolute Gasteiger partial charge is 0.416 e. The molecule has 0 bridgehead atoms. The molecule has 0 radical (unpaired) electrons. The van der Waals surface area contributed by atoms with E-state index in [1.165, 1.54) is 12.1 Å². The highest BCUT2D eigenvalue weighted by atomic mass is 19.4. The molecule has 0 aliphatic rings. The SMILES string of the molecule is Cc1cc(NCc2ccncc2)nc(Nc2cccc(C(F)(F)F)c2)n1. The zero-order chi connectivity index (χ0) is 18.6. The van der Waals surface area contributed by atoms with Crippen molar-refractivity contribution in [2.45, 2.75) is 19.6 Å². The van der Waals surface area contributed by atoms with Gasteiger partial charge in [0, 0.05) is 36.4 Å². The van der Waals surface area contributed by atoms with Crippen LogP contribution < -0.4 is 10.6 Å². The third-order valence-electron chi connectivity index (χ3n) is 3.52. The van der Waals surface area contributed by atoms with Gasteiger partial charge in [0.25, 0.3) is 0 Å². The molecular weight excluding hydrogens is 343 g/mol. The lowest BCUT2D eigenvalue weighted by molar-refractivity contribution is -0.137. The molecule has 2 heterocycles. The Labute approximate surface area is 148 Å². The van der Waals surface area contributed by atoms with E-state index in [2.05, 4.69) is 25.6 Å². The Kier molecular flexibility index (Phi) is 5.01. The predicted molar refractivity (Wildman–Crippen MR) is 93.1 cm³/mol. The number of benzene rings is 1. The zero-order valence-corrected chi connectivity index (χ0v) is 13.9. The highest BCUT2D eigenvalue weighted by Crippen LogP contribution is 2.31. The van der Waals surface area contributed by atoms with Gasteiger partial charge in [-0.2, -0.15) is 18.2 Å². The van der Waals surface area contributed by atoms with Crippen molar-refractivity contribution in [3.8, 4) is 0 Å². The first-order valence-corrected chi connectivity index (χ1v) is 7.83. The normalized spacial score (nSPS) is 11.2. The van der Waals surface area contributed by atoms with Crippen LogP contribution in [-0.2, 0) is 12.7 Å². The van der Waals surface area contributed by atoms with E-state index < -0.39 is 11.7 Å². The van der Waals surface area contributed by atoms with E-state index in [9.17, 15) is 13.2 Å². The van der Waals surface area contributed by atoms with Crippen molar-refractivity contribution in [2.24, 2.45) is 0 Å². The van der Waals surface area contributed by atoms with Crippen LogP contribution in [0.15, 0.2) is 54.9 Å². The number of nitrogens with one attached hydrogen (secondary N) is 2. The van der Waals surface area contributed by atoms with Crippen LogP contribution in [0.2, 0.25) is 0 Å². The van der Waals surface area contributed by atoms with Crippen LogP contribution in [0, 0.1) is 6.92 Å². The molecule has 0 unspecified atom stereocenters. The van der Waals surface area contributed by atoms with Crippen molar-refractivity contribution in [3.63, 3.8) is 0 Å². The van der Waals surface area contributed by atoms with E-state index >= 15 is 0 Å². The number of aryl methyl sites for hydroxylation is 1. The third kappa shape index (κ3) is 4.69. The minimum absolute atomic E-state index is 0.224. The smallest absolute Gasteiger partial charge is 0.366 e. The minimum Gasteiger partial charge on any atom is -0.366 e. The molecule has 2 N–H and O–H groups in total. The number of hydrogen-bond acceptors (Lipinski definition) is 5. The number of rotatable bonds is 5. The maximum Gasteiger partial charge on any atom is 0.416 e. The molecule has 0 atom stereocenters. The highest BCUT2D eigenvalue weighted by Gasteiger charge is 2.30. The molecule has 0 saturated carbocycles. The number of hydrogen-bond donors (Lipinski definition) is 2. The molecule has 0 spiro atoms. The average Bonchev–Trinajstić information content (AvgIpc) is 2.60. The van der Waals surface area contributed by atoms with Crippen molar-refractivity contribution >= 4 is 17.5 Å². The van der Waals surface area contributed by atoms with Crippen molar-refractivity contribution < 1.29 is 13.2 Å². The van der Waals surface area contributed by atoms with Gasteiger partial charge in [0.1, 0.15) is 5.82 Å². The van der Waals surface area contributed by atoms with Gasteiger partial charge in [0.05, 0.1) is 5.56 Å². The summed E-state index contributed by atoms with van der Waals surface area (Å²) in [6, 6.07) is 10.4. The molecule has 0 saturated heterocycles. The van der Waals surface area contributed by atoms with Crippen LogP contribution in [0.25, 0.3) is 0 Å². The van der Waals surface area contributed by atoms with E-state index in [1.807, 2.05) is 12.1 Å². The van der Waals surface area contributed by atoms with Gasteiger partial charge >= 0.3 is 6.18 Å². The fourth-order valence-corrected chi connectivity index (χ4v) is 2.31. The molecule has 8 heteroatoms. The number of aromatic nitrogens is 3. The molecule has 3 rings (SSSR count). The van der Waals surface area contributed by atoms with E-state index in [1.54, 1.807) is 25.4 Å². The lowest BCUT2D eigenvalue weighted by atomic mass is 10.2. The maximum atomic E-state index is 12.8. The van der Waals surface area contributed by atoms with E-state index in [0.29, 0.717) is 18.1 Å². The van der Waals surface area contributed by atoms with Crippen molar-refractivity contribution in [1.29, 1.82) is 0 Å². The van der Waals surface area contributed by atoms with Crippen LogP contribution in [0.5, 0.6) is 0 Å². The molecule has 5 nitrogen and oxygen atoms in total. The molecule has 0 aliphatic carbocycles. The zero-order valence-electron chi connectivity index (χ0n) is 13.9. The van der Waals surface area contributed by atoms with E-state index in [0.717, 1.165) is 17.7 Å². The summed E-state index contributed by atoms with van der Waals surface area (Å²) in [4.78, 5) is 12.5. The van der Waals surface area contributed by atoms with Crippen LogP contribution >= 0.6 is 0 Å². The van der Waals surface area contributed by atoms with E-state index in [4.69, 9.17) is 0 Å². The molecule has 0 aliphatic heterocycles. The standard InChI is InChI=1S/C18H16F3N5/c1-12-9-16(23-11-13-5-7-22-8-6-13)26-17(24-12)25-15-4-2-3-14(10-15)18(19,20)21/h2-10H,11H2,1H3,(H2,23,24,25,26). The monoisotopic (exact) mass is 359 g/mol. The van der Waals surface area contributed by atoms with Crippen molar-refractivity contribution in [3.05, 3.63) is 71.7 Å². The summed E-state index contributed by atoms with van der Waals surface area (Å²) in [5, 5.41) is 5.99. The molecule has 26 heavy (non-hydrogen) atoms. The lowest BCUT2D eigenvalue weighted by Gasteiger charge is -2.12. The summed E-state index contributed by atoms with van der Waals surface area (Å²) in [6.07, 6.45) is -1.01. The van der Waals surface area contributed by atoms with Crippen molar-refractivity contribution in [2.75, 3.05) is 10.6 Å². The molecule has 3 aromatic rings. The van der Waals surface area contributed by atoms with Gasteiger partial charge in [-0.05, 0) is 42.8 Å². The molecule has 0 fully saturated rings. The van der Waals surface area contributed by atoms with Gasteiger partial charge in [-0.15, -0.1) is 0 Å². The number of anilines is 3. The summed E-state index contributed by atoms with van der Waals surface area (Å²) in [7, 11) is 0. The summed E-state index contributed by atoms with van der Waals surface area (Å²) >= 11 is 0. The van der Waals surface area contributed by atoms with Gasteiger partial charge in [0.2, 0.25) is 5.95 Å². The first-order valence-electron chi connectivity index (χ1n) is 7.83. The Balaban J connectivity index is 1.75. The molecule has 0 amide bonds. The summed E-state index contributed by atoms with van der Waals surface area (Å²) < 4.78 is 38.5. The van der Waals surface area contributed by atoms with Crippen LogP contribution in [-0.4, -0.2) is 15.0 Å². The second-order valence-electron chi connectivity index (χ2n) is 5.63. The van der Waals surface area contributed by atoms with Gasteiger partial charge in [0.15, 0.2) is 0 Å². The fraction of sp³-hybridized carbons (Fsp3) is 0.167. The highest BCUT2D eigenvalue weighted by molar-refractivity contribution is 5.56. The van der Waals surface area contributed by atoms with Crippen LogP contribution in [0.3, 0.4) is 0 Å². The Morgan fingerprint density at radius 3 is 2.50 bits per heavy atom. The van der Waals surface area contributed by atoms with E-state index in [-0.39, 0.29) is 11.6 Å². The Morgan fingerprint density at radius 1 is 1.00 bits per heavy atom. The summed E-state index contributed by atoms with van der Waals surface area (Å²) in [6.45, 7) is 2.33. The summed E-state index contributed by atoms with van der Waals surface area (Å²) in [5.41, 5.74) is 1.26. The minimum atomic E-state index is -4.40. The molecule has 1 aromatic carbocycles. The van der Waals surface area contributed by atoms with Crippen molar-refractivity contribution in [1.82, 2.24) is 15.0 Å². The van der Waals surface area contributed by atoms with Gasteiger partial charge in [-0.1, -0.05) is 6.07 Å². The number of pyridine rings is 1. The lowest BCUT2D eigenvalue weighted by Crippen LogP contribution is -2.07. The van der Waals surface area contributed by atoms with Crippen LogP contribution in [0.1, 0.15) is 16.8 Å². The number of alkyl halides is 3. The van der Waals surface area contributed by atoms with Crippen LogP contribution in [0.4, 0.5) is 30.6 Å². The Hall–Kier alpha value is -3.16. The third-order valence-corrected chi connectivity index (χ3v) is 3.52. The predicted octanol–water partition coefficient (Wildman–Crippen LogP) is 4.55. The maximum absolute atomic E-state index is 12.8. The number of nitrogens with zero attached hydrogens (tertiary/aromatic N) is 3. The fourth-order valence-electron chi connectivity index (χ4n) is 2.31.